The van der Waals surface area contributed by atoms with Gasteiger partial charge >= 0.3 is 5.97 Å². The highest BCUT2D eigenvalue weighted by Gasteiger charge is 2.30. The smallest absolute Gasteiger partial charge is 0.309 e. The first kappa shape index (κ1) is 16.3. The van der Waals surface area contributed by atoms with Gasteiger partial charge < -0.3 is 15.2 Å². The van der Waals surface area contributed by atoms with Crippen LogP contribution in [0.15, 0.2) is 18.2 Å². The topological polar surface area (TPSA) is 75.6 Å². The van der Waals surface area contributed by atoms with Crippen LogP contribution in [0.5, 0.6) is 5.75 Å². The second kappa shape index (κ2) is 6.61. The molecule has 0 aromatic heterocycles. The number of ether oxygens (including phenoxy) is 1. The van der Waals surface area contributed by atoms with Crippen molar-refractivity contribution in [1.82, 2.24) is 0 Å². The molecule has 0 aliphatic heterocycles. The first-order valence-electron chi connectivity index (χ1n) is 6.22. The van der Waals surface area contributed by atoms with Crippen molar-refractivity contribution < 1.29 is 19.4 Å². The van der Waals surface area contributed by atoms with E-state index in [9.17, 15) is 9.59 Å². The first-order valence-corrected chi connectivity index (χ1v) is 6.59. The van der Waals surface area contributed by atoms with Gasteiger partial charge in [0.2, 0.25) is 5.91 Å². The molecule has 0 saturated heterocycles. The van der Waals surface area contributed by atoms with Crippen LogP contribution in [0.1, 0.15) is 27.2 Å². The van der Waals surface area contributed by atoms with Gasteiger partial charge in [0.15, 0.2) is 0 Å². The van der Waals surface area contributed by atoms with Crippen molar-refractivity contribution in [2.75, 3.05) is 11.9 Å². The number of amides is 1. The third-order valence-electron chi connectivity index (χ3n) is 2.70. The molecule has 0 fully saturated rings. The standard InChI is InChI=1S/C14H18ClNO4/c1-4-20-11-6-5-9(7-10(11)15)16-12(17)8-14(2,3)13(18)19/h5-7H,4,8H2,1-3H3,(H,16,17)(H,18,19). The molecule has 0 atom stereocenters. The minimum Gasteiger partial charge on any atom is -0.492 e. The van der Waals surface area contributed by atoms with E-state index in [4.69, 9.17) is 21.4 Å². The fraction of sp³-hybridized carbons (Fsp3) is 0.429. The molecule has 5 nitrogen and oxygen atoms in total. The van der Waals surface area contributed by atoms with Crippen molar-refractivity contribution in [2.45, 2.75) is 27.2 Å². The van der Waals surface area contributed by atoms with Gasteiger partial charge in [-0.1, -0.05) is 11.6 Å². The fourth-order valence-corrected chi connectivity index (χ4v) is 1.77. The minimum absolute atomic E-state index is 0.118. The minimum atomic E-state index is -1.11. The Morgan fingerprint density at radius 3 is 2.55 bits per heavy atom. The number of carbonyl (C=O) groups is 2. The molecule has 0 saturated carbocycles. The number of nitrogens with one attached hydrogen (secondary N) is 1. The van der Waals surface area contributed by atoms with Crippen LogP contribution in [0, 0.1) is 5.41 Å². The molecule has 0 radical (unpaired) electrons. The van der Waals surface area contributed by atoms with Gasteiger partial charge in [0.1, 0.15) is 5.75 Å². The zero-order chi connectivity index (χ0) is 15.3. The summed E-state index contributed by atoms with van der Waals surface area (Å²) in [5.41, 5.74) is -0.608. The number of carboxylic acid groups (broad SMARTS) is 1. The van der Waals surface area contributed by atoms with E-state index in [0.717, 1.165) is 0 Å². The molecule has 0 bridgehead atoms. The van der Waals surface area contributed by atoms with Crippen molar-refractivity contribution in [2.24, 2.45) is 5.41 Å². The number of anilines is 1. The molecule has 2 N–H and O–H groups in total. The normalized spacial score (nSPS) is 11.0. The first-order chi connectivity index (χ1) is 9.26. The fourth-order valence-electron chi connectivity index (χ4n) is 1.53. The molecule has 0 spiro atoms. The molecule has 6 heteroatoms. The molecular weight excluding hydrogens is 282 g/mol. The van der Waals surface area contributed by atoms with Gasteiger partial charge in [0.25, 0.3) is 0 Å². The van der Waals surface area contributed by atoms with E-state index in [-0.39, 0.29) is 12.3 Å². The Bertz CT molecular complexity index is 514. The zero-order valence-electron chi connectivity index (χ0n) is 11.7. The van der Waals surface area contributed by atoms with Crippen molar-refractivity contribution in [1.29, 1.82) is 0 Å². The maximum absolute atomic E-state index is 11.8. The Kier molecular flexibility index (Phi) is 5.39. The number of carboxylic acids is 1. The third kappa shape index (κ3) is 4.42. The van der Waals surface area contributed by atoms with E-state index in [1.165, 1.54) is 13.8 Å². The predicted octanol–water partition coefficient (Wildman–Crippen LogP) is 3.18. The molecule has 0 aliphatic carbocycles. The van der Waals surface area contributed by atoms with Crippen LogP contribution in [0.2, 0.25) is 5.02 Å². The van der Waals surface area contributed by atoms with E-state index in [1.807, 2.05) is 6.92 Å². The maximum atomic E-state index is 11.8. The van der Waals surface area contributed by atoms with Crippen LogP contribution in [-0.2, 0) is 9.59 Å². The van der Waals surface area contributed by atoms with Crippen LogP contribution in [-0.4, -0.2) is 23.6 Å². The van der Waals surface area contributed by atoms with E-state index in [2.05, 4.69) is 5.32 Å². The lowest BCUT2D eigenvalue weighted by Crippen LogP contribution is -2.29. The lowest BCUT2D eigenvalue weighted by atomic mass is 9.89. The molecule has 1 aromatic carbocycles. The van der Waals surface area contributed by atoms with E-state index >= 15 is 0 Å². The molecule has 20 heavy (non-hydrogen) atoms. The van der Waals surface area contributed by atoms with E-state index in [1.54, 1.807) is 18.2 Å². The average Bonchev–Trinajstić information content (AvgIpc) is 2.31. The van der Waals surface area contributed by atoms with Crippen LogP contribution in [0.25, 0.3) is 0 Å². The maximum Gasteiger partial charge on any atom is 0.309 e. The Morgan fingerprint density at radius 1 is 1.40 bits per heavy atom. The Labute approximate surface area is 122 Å². The second-order valence-corrected chi connectivity index (χ2v) is 5.40. The van der Waals surface area contributed by atoms with Gasteiger partial charge in [0.05, 0.1) is 17.0 Å². The summed E-state index contributed by atoms with van der Waals surface area (Å²) in [6.07, 6.45) is -0.118. The van der Waals surface area contributed by atoms with Gasteiger partial charge in [-0.3, -0.25) is 9.59 Å². The van der Waals surface area contributed by atoms with E-state index < -0.39 is 11.4 Å². The van der Waals surface area contributed by atoms with Crippen molar-refractivity contribution in [3.05, 3.63) is 23.2 Å². The summed E-state index contributed by atoms with van der Waals surface area (Å²) in [5.74, 6) is -0.854. The molecule has 1 rings (SSSR count). The highest BCUT2D eigenvalue weighted by Crippen LogP contribution is 2.28. The van der Waals surface area contributed by atoms with Gasteiger partial charge in [-0.05, 0) is 39.0 Å². The van der Waals surface area contributed by atoms with Gasteiger partial charge in [-0.15, -0.1) is 0 Å². The van der Waals surface area contributed by atoms with Crippen molar-refractivity contribution >= 4 is 29.2 Å². The van der Waals surface area contributed by atoms with Crippen LogP contribution >= 0.6 is 11.6 Å². The predicted molar refractivity (Wildman–Crippen MR) is 77.3 cm³/mol. The number of benzene rings is 1. The molecule has 0 heterocycles. The van der Waals surface area contributed by atoms with Crippen molar-refractivity contribution in [3.63, 3.8) is 0 Å². The third-order valence-corrected chi connectivity index (χ3v) is 2.99. The van der Waals surface area contributed by atoms with Crippen LogP contribution in [0.4, 0.5) is 5.69 Å². The monoisotopic (exact) mass is 299 g/mol. The lowest BCUT2D eigenvalue weighted by molar-refractivity contribution is -0.148. The summed E-state index contributed by atoms with van der Waals surface area (Å²) in [7, 11) is 0. The average molecular weight is 300 g/mol. The second-order valence-electron chi connectivity index (χ2n) is 4.99. The molecule has 1 aromatic rings. The van der Waals surface area contributed by atoms with Crippen molar-refractivity contribution in [3.8, 4) is 5.75 Å². The number of hydrogen-bond donors (Lipinski definition) is 2. The van der Waals surface area contributed by atoms with Crippen LogP contribution < -0.4 is 10.1 Å². The summed E-state index contributed by atoms with van der Waals surface area (Å²) in [5, 5.41) is 12.0. The number of halogens is 1. The van der Waals surface area contributed by atoms with Crippen LogP contribution in [0.3, 0.4) is 0 Å². The molecule has 110 valence electrons. The largest absolute Gasteiger partial charge is 0.492 e. The zero-order valence-corrected chi connectivity index (χ0v) is 12.5. The summed E-state index contributed by atoms with van der Waals surface area (Å²) in [4.78, 5) is 22.8. The Balaban J connectivity index is 2.72. The van der Waals surface area contributed by atoms with Gasteiger partial charge in [-0.2, -0.15) is 0 Å². The number of hydrogen-bond acceptors (Lipinski definition) is 3. The Hall–Kier alpha value is -1.75. The van der Waals surface area contributed by atoms with Gasteiger partial charge in [0, 0.05) is 12.1 Å². The summed E-state index contributed by atoms with van der Waals surface area (Å²) in [6, 6.07) is 4.88. The summed E-state index contributed by atoms with van der Waals surface area (Å²) in [6.45, 7) is 5.35. The van der Waals surface area contributed by atoms with E-state index in [0.29, 0.717) is 23.1 Å². The van der Waals surface area contributed by atoms with Gasteiger partial charge in [-0.25, -0.2) is 0 Å². The molecule has 1 amide bonds. The summed E-state index contributed by atoms with van der Waals surface area (Å²) >= 11 is 6.00. The number of carbonyl (C=O) groups excluding carboxylic acids is 1. The quantitative estimate of drug-likeness (QED) is 0.846. The molecular formula is C14H18ClNO4. The SMILES string of the molecule is CCOc1ccc(NC(=O)CC(C)(C)C(=O)O)cc1Cl. The Morgan fingerprint density at radius 2 is 2.05 bits per heavy atom. The molecule has 0 aliphatic rings. The number of aliphatic carboxylic acids is 1. The lowest BCUT2D eigenvalue weighted by Gasteiger charge is -2.18. The highest BCUT2D eigenvalue weighted by atomic mass is 35.5. The highest BCUT2D eigenvalue weighted by molar-refractivity contribution is 6.32. The number of rotatable bonds is 6. The molecule has 0 unspecified atom stereocenters. The summed E-state index contributed by atoms with van der Waals surface area (Å²) < 4.78 is 5.29.